The third-order valence-corrected chi connectivity index (χ3v) is 4.97. The van der Waals surface area contributed by atoms with Gasteiger partial charge in [-0.05, 0) is 25.1 Å². The van der Waals surface area contributed by atoms with Crippen molar-refractivity contribution in [1.82, 2.24) is 24.6 Å². The Balaban J connectivity index is 1.33. The number of para-hydroxylation sites is 2. The third-order valence-electron chi connectivity index (χ3n) is 4.97. The standard InChI is InChI=1S/C21H24N6O3/c1-16-7-8-27(24-16)20-13-19(22-15-23-20)25-9-11-26(12-10-25)21(28)14-30-18-6-4-3-5-17(18)29-2/h3-8,13,15H,9-12,14H2,1-2H3. The predicted molar refractivity (Wildman–Crippen MR) is 111 cm³/mol. The Labute approximate surface area is 174 Å². The Kier molecular flexibility index (Phi) is 5.78. The number of methoxy groups -OCH3 is 1. The molecule has 1 amide bonds. The molecule has 0 unspecified atom stereocenters. The maximum Gasteiger partial charge on any atom is 0.260 e. The molecule has 0 spiro atoms. The fraction of sp³-hybridized carbons (Fsp3) is 0.333. The zero-order chi connectivity index (χ0) is 20.9. The number of benzene rings is 1. The van der Waals surface area contributed by atoms with Gasteiger partial charge < -0.3 is 19.3 Å². The number of nitrogens with zero attached hydrogens (tertiary/aromatic N) is 6. The molecule has 0 atom stereocenters. The number of rotatable bonds is 6. The molecule has 156 valence electrons. The zero-order valence-electron chi connectivity index (χ0n) is 17.1. The molecule has 9 nitrogen and oxygen atoms in total. The number of amides is 1. The van der Waals surface area contributed by atoms with Crippen LogP contribution in [-0.2, 0) is 4.79 Å². The van der Waals surface area contributed by atoms with Gasteiger partial charge in [-0.2, -0.15) is 5.10 Å². The molecule has 0 bridgehead atoms. The van der Waals surface area contributed by atoms with Crippen LogP contribution in [0.1, 0.15) is 5.69 Å². The first kappa shape index (κ1) is 19.7. The highest BCUT2D eigenvalue weighted by Gasteiger charge is 2.23. The number of carbonyl (C=O) groups excluding carboxylic acids is 1. The molecule has 0 N–H and O–H groups in total. The number of ether oxygens (including phenoxy) is 2. The van der Waals surface area contributed by atoms with Gasteiger partial charge in [0.25, 0.3) is 5.91 Å². The fourth-order valence-corrected chi connectivity index (χ4v) is 3.33. The highest BCUT2D eigenvalue weighted by atomic mass is 16.5. The van der Waals surface area contributed by atoms with Gasteiger partial charge in [0.15, 0.2) is 23.9 Å². The molecule has 1 aliphatic rings. The summed E-state index contributed by atoms with van der Waals surface area (Å²) < 4.78 is 12.6. The monoisotopic (exact) mass is 408 g/mol. The molecule has 1 saturated heterocycles. The second-order valence-corrected chi connectivity index (χ2v) is 6.94. The van der Waals surface area contributed by atoms with E-state index in [1.165, 1.54) is 0 Å². The number of hydrogen-bond donors (Lipinski definition) is 0. The molecule has 3 heterocycles. The Morgan fingerprint density at radius 3 is 2.47 bits per heavy atom. The van der Waals surface area contributed by atoms with Crippen LogP contribution in [0.15, 0.2) is 48.9 Å². The van der Waals surface area contributed by atoms with Gasteiger partial charge >= 0.3 is 0 Å². The molecule has 4 rings (SSSR count). The van der Waals surface area contributed by atoms with Crippen LogP contribution in [0.3, 0.4) is 0 Å². The van der Waals surface area contributed by atoms with Gasteiger partial charge in [0.05, 0.1) is 12.8 Å². The van der Waals surface area contributed by atoms with Crippen molar-refractivity contribution in [1.29, 1.82) is 0 Å². The van der Waals surface area contributed by atoms with Crippen LogP contribution in [0.4, 0.5) is 5.82 Å². The van der Waals surface area contributed by atoms with Crippen molar-refractivity contribution in [2.45, 2.75) is 6.92 Å². The average molecular weight is 408 g/mol. The summed E-state index contributed by atoms with van der Waals surface area (Å²) in [4.78, 5) is 25.2. The largest absolute Gasteiger partial charge is 0.493 e. The van der Waals surface area contributed by atoms with Crippen LogP contribution in [0, 0.1) is 6.92 Å². The minimum absolute atomic E-state index is 0.0172. The number of anilines is 1. The molecule has 1 aromatic carbocycles. The molecule has 1 fully saturated rings. The van der Waals surface area contributed by atoms with Crippen molar-refractivity contribution in [2.75, 3.05) is 44.8 Å². The Bertz CT molecular complexity index is 1010. The van der Waals surface area contributed by atoms with Gasteiger partial charge in [0, 0.05) is 38.4 Å². The third kappa shape index (κ3) is 4.35. The molecule has 0 radical (unpaired) electrons. The van der Waals surface area contributed by atoms with Crippen molar-refractivity contribution < 1.29 is 14.3 Å². The lowest BCUT2D eigenvalue weighted by molar-refractivity contribution is -0.133. The Morgan fingerprint density at radius 1 is 1.03 bits per heavy atom. The molecule has 30 heavy (non-hydrogen) atoms. The molecular formula is C21H24N6O3. The maximum absolute atomic E-state index is 12.6. The quantitative estimate of drug-likeness (QED) is 0.614. The van der Waals surface area contributed by atoms with E-state index in [4.69, 9.17) is 9.47 Å². The summed E-state index contributed by atoms with van der Waals surface area (Å²) in [7, 11) is 1.58. The van der Waals surface area contributed by atoms with Crippen molar-refractivity contribution in [3.05, 3.63) is 54.6 Å². The summed E-state index contributed by atoms with van der Waals surface area (Å²) in [6.45, 7) is 4.51. The molecule has 0 aliphatic carbocycles. The van der Waals surface area contributed by atoms with Crippen LogP contribution in [0.25, 0.3) is 5.82 Å². The van der Waals surface area contributed by atoms with E-state index in [1.54, 1.807) is 30.3 Å². The van der Waals surface area contributed by atoms with Gasteiger partial charge in [-0.3, -0.25) is 4.79 Å². The first-order valence-corrected chi connectivity index (χ1v) is 9.77. The van der Waals surface area contributed by atoms with E-state index in [0.29, 0.717) is 37.7 Å². The van der Waals surface area contributed by atoms with Gasteiger partial charge in [0.1, 0.15) is 12.1 Å². The summed E-state index contributed by atoms with van der Waals surface area (Å²) in [5.74, 6) is 2.68. The van der Waals surface area contributed by atoms with Crippen molar-refractivity contribution >= 4 is 11.7 Å². The van der Waals surface area contributed by atoms with E-state index < -0.39 is 0 Å². The second kappa shape index (κ2) is 8.81. The fourth-order valence-electron chi connectivity index (χ4n) is 3.33. The first-order valence-electron chi connectivity index (χ1n) is 9.77. The summed E-state index contributed by atoms with van der Waals surface area (Å²) in [6, 6.07) is 11.1. The van der Waals surface area contributed by atoms with Crippen LogP contribution < -0.4 is 14.4 Å². The molecule has 0 saturated carbocycles. The lowest BCUT2D eigenvalue weighted by atomic mass is 10.3. The van der Waals surface area contributed by atoms with E-state index >= 15 is 0 Å². The van der Waals surface area contributed by atoms with Crippen LogP contribution in [0.5, 0.6) is 11.5 Å². The van der Waals surface area contributed by atoms with Crippen LogP contribution in [-0.4, -0.2) is 70.5 Å². The lowest BCUT2D eigenvalue weighted by Gasteiger charge is -2.35. The summed E-state index contributed by atoms with van der Waals surface area (Å²) in [5.41, 5.74) is 0.928. The number of carbonyl (C=O) groups is 1. The molecule has 3 aromatic rings. The maximum atomic E-state index is 12.6. The van der Waals surface area contributed by atoms with E-state index in [-0.39, 0.29) is 12.5 Å². The van der Waals surface area contributed by atoms with E-state index in [2.05, 4.69) is 20.0 Å². The van der Waals surface area contributed by atoms with Gasteiger partial charge in [-0.1, -0.05) is 12.1 Å². The minimum atomic E-state index is -0.0454. The smallest absolute Gasteiger partial charge is 0.260 e. The highest BCUT2D eigenvalue weighted by Crippen LogP contribution is 2.25. The van der Waals surface area contributed by atoms with Gasteiger partial charge in [-0.25, -0.2) is 14.6 Å². The van der Waals surface area contributed by atoms with Crippen LogP contribution >= 0.6 is 0 Å². The zero-order valence-corrected chi connectivity index (χ0v) is 17.1. The molecule has 1 aliphatic heterocycles. The lowest BCUT2D eigenvalue weighted by Crippen LogP contribution is -2.50. The SMILES string of the molecule is COc1ccccc1OCC(=O)N1CCN(c2cc(-n3ccc(C)n3)ncn2)CC1. The summed E-state index contributed by atoms with van der Waals surface area (Å²) in [5, 5.41) is 4.39. The van der Waals surface area contributed by atoms with Gasteiger partial charge in [0.2, 0.25) is 0 Å². The summed E-state index contributed by atoms with van der Waals surface area (Å²) >= 11 is 0. The average Bonchev–Trinajstić information content (AvgIpc) is 3.24. The van der Waals surface area contributed by atoms with Crippen molar-refractivity contribution in [2.24, 2.45) is 0 Å². The van der Waals surface area contributed by atoms with Crippen molar-refractivity contribution in [3.63, 3.8) is 0 Å². The predicted octanol–water partition coefficient (Wildman–Crippen LogP) is 1.71. The molecular weight excluding hydrogens is 384 g/mol. The van der Waals surface area contributed by atoms with Crippen molar-refractivity contribution in [3.8, 4) is 17.3 Å². The van der Waals surface area contributed by atoms with Crippen LogP contribution in [0.2, 0.25) is 0 Å². The molecule has 9 heteroatoms. The number of aromatic nitrogens is 4. The highest BCUT2D eigenvalue weighted by molar-refractivity contribution is 5.78. The van der Waals surface area contributed by atoms with E-state index in [9.17, 15) is 4.79 Å². The molecule has 2 aromatic heterocycles. The van der Waals surface area contributed by atoms with E-state index in [1.807, 2.05) is 42.3 Å². The van der Waals surface area contributed by atoms with Gasteiger partial charge in [-0.15, -0.1) is 0 Å². The number of hydrogen-bond acceptors (Lipinski definition) is 7. The normalized spacial score (nSPS) is 13.9. The Morgan fingerprint density at radius 2 is 1.77 bits per heavy atom. The number of piperazine rings is 1. The van der Waals surface area contributed by atoms with E-state index in [0.717, 1.165) is 17.3 Å². The second-order valence-electron chi connectivity index (χ2n) is 6.94. The number of aryl methyl sites for hydroxylation is 1. The topological polar surface area (TPSA) is 85.6 Å². The Hall–Kier alpha value is -3.62. The summed E-state index contributed by atoms with van der Waals surface area (Å²) in [6.07, 6.45) is 3.42. The first-order chi connectivity index (χ1) is 14.6. The minimum Gasteiger partial charge on any atom is -0.493 e.